The van der Waals surface area contributed by atoms with Crippen LogP contribution in [-0.2, 0) is 16.1 Å². The summed E-state index contributed by atoms with van der Waals surface area (Å²) in [5, 5.41) is 3.05. The van der Waals surface area contributed by atoms with E-state index < -0.39 is 23.5 Å². The van der Waals surface area contributed by atoms with Gasteiger partial charge in [0.2, 0.25) is 0 Å². The molecule has 0 spiro atoms. The Morgan fingerprint density at radius 1 is 1.29 bits per heavy atom. The van der Waals surface area contributed by atoms with Crippen LogP contribution in [0.3, 0.4) is 0 Å². The number of hydrogen-bond acceptors (Lipinski definition) is 3. The maximum Gasteiger partial charge on any atom is 0.323 e. The van der Waals surface area contributed by atoms with Crippen LogP contribution in [0.1, 0.15) is 29.0 Å². The van der Waals surface area contributed by atoms with E-state index in [0.29, 0.717) is 6.54 Å². The van der Waals surface area contributed by atoms with Crippen molar-refractivity contribution in [2.75, 3.05) is 13.7 Å². The molecule has 124 valence electrons. The van der Waals surface area contributed by atoms with Gasteiger partial charge in [-0.3, -0.25) is 4.79 Å². The van der Waals surface area contributed by atoms with Crippen molar-refractivity contribution in [2.24, 2.45) is 5.41 Å². The molecule has 24 heavy (non-hydrogen) atoms. The molecule has 2 rings (SSSR count). The molecule has 0 atom stereocenters. The Balaban J connectivity index is 2.29. The zero-order chi connectivity index (χ0) is 23.5. The van der Waals surface area contributed by atoms with Gasteiger partial charge in [0.15, 0.2) is 0 Å². The molecule has 0 heterocycles. The molecule has 0 aliphatic heterocycles. The molecule has 0 radical (unpaired) electrons. The number of nitrogens with one attached hydrogen (secondary N) is 1. The zero-order valence-electron chi connectivity index (χ0n) is 20.9. The molecular formula is C21H23NO2. The van der Waals surface area contributed by atoms with E-state index in [-0.39, 0.29) is 53.1 Å². The molecule has 0 aromatic heterocycles. The lowest BCUT2D eigenvalue weighted by Gasteiger charge is -2.12. The fraction of sp³-hybridized carbons (Fsp3) is 0.286. The first-order valence-corrected chi connectivity index (χ1v) is 7.41. The molecule has 0 aliphatic carbocycles. The highest BCUT2D eigenvalue weighted by Crippen LogP contribution is 2.18. The van der Waals surface area contributed by atoms with Crippen molar-refractivity contribution >= 4 is 16.7 Å². The predicted octanol–water partition coefficient (Wildman–Crippen LogP) is 3.69. The van der Waals surface area contributed by atoms with Gasteiger partial charge < -0.3 is 10.1 Å². The van der Waals surface area contributed by atoms with E-state index >= 15 is 0 Å². The van der Waals surface area contributed by atoms with E-state index in [9.17, 15) is 4.79 Å². The number of carbonyl (C=O) groups excluding carboxylic acids is 1. The summed E-state index contributed by atoms with van der Waals surface area (Å²) in [4.78, 5) is 11.6. The molecule has 0 unspecified atom stereocenters. The van der Waals surface area contributed by atoms with Crippen molar-refractivity contribution in [1.82, 2.24) is 5.32 Å². The van der Waals surface area contributed by atoms with Crippen molar-refractivity contribution in [3.8, 4) is 11.8 Å². The molecule has 1 N–H and O–H groups in total. The molecule has 0 aliphatic rings. The lowest BCUT2D eigenvalue weighted by atomic mass is 9.95. The van der Waals surface area contributed by atoms with Crippen LogP contribution >= 0.6 is 0 Å². The minimum Gasteiger partial charge on any atom is -0.468 e. The van der Waals surface area contributed by atoms with Gasteiger partial charge in [-0.25, -0.2) is 0 Å². The minimum atomic E-state index is -0.933. The average molecular weight is 328 g/mol. The Hall–Kier alpha value is -2.57. The van der Waals surface area contributed by atoms with E-state index in [1.54, 1.807) is 26.0 Å². The molecule has 0 amide bonds. The van der Waals surface area contributed by atoms with Gasteiger partial charge in [-0.15, -0.1) is 0 Å². The van der Waals surface area contributed by atoms with E-state index in [4.69, 9.17) is 9.60 Å². The molecule has 0 bridgehead atoms. The standard InChI is InChI=1S/C21H23NO2/c1-21(2,20(23)24-3)14-7-4-8-15-22-16-18-12-9-11-17-10-5-6-13-19(17)18/h4-6,8-13,22H,15-16H2,1-3H3/i5D,6D,9D,10D,11D,12D,13D. The average Bonchev–Trinajstić information content (AvgIpc) is 2.74. The summed E-state index contributed by atoms with van der Waals surface area (Å²) in [6.07, 6.45) is 3.26. The highest BCUT2D eigenvalue weighted by molar-refractivity contribution is 5.85. The van der Waals surface area contributed by atoms with Gasteiger partial charge >= 0.3 is 5.97 Å². The summed E-state index contributed by atoms with van der Waals surface area (Å²) in [6, 6.07) is -2.67. The van der Waals surface area contributed by atoms with Crippen LogP contribution in [0.2, 0.25) is 0 Å². The maximum atomic E-state index is 11.6. The third-order valence-electron chi connectivity index (χ3n) is 3.24. The Labute approximate surface area is 153 Å². The van der Waals surface area contributed by atoms with Crippen LogP contribution in [0.25, 0.3) is 10.8 Å². The molecule has 3 nitrogen and oxygen atoms in total. The first-order chi connectivity index (χ1) is 14.5. The second-order valence-electron chi connectivity index (χ2n) is 5.52. The number of fused-ring (bicyclic) bond motifs is 1. The van der Waals surface area contributed by atoms with Crippen LogP contribution in [0, 0.1) is 17.3 Å². The van der Waals surface area contributed by atoms with Crippen molar-refractivity contribution in [3.05, 3.63) is 60.0 Å². The summed E-state index contributed by atoms with van der Waals surface area (Å²) < 4.78 is 61.0. The van der Waals surface area contributed by atoms with Crippen molar-refractivity contribution in [2.45, 2.75) is 20.4 Å². The van der Waals surface area contributed by atoms with Crippen molar-refractivity contribution in [3.63, 3.8) is 0 Å². The van der Waals surface area contributed by atoms with Crippen molar-refractivity contribution < 1.29 is 19.1 Å². The SMILES string of the molecule is [2H]c1c([2H])c([2H])c2c(CNCC=CC#CC(C)(C)C(=O)OC)c([2H])c([2H])c([2H])c2c1[2H]. The first-order valence-electron chi connectivity index (χ1n) is 10.9. The quantitative estimate of drug-likeness (QED) is 0.517. The van der Waals surface area contributed by atoms with Gasteiger partial charge in [0, 0.05) is 13.1 Å². The lowest BCUT2D eigenvalue weighted by Crippen LogP contribution is -2.23. The second-order valence-corrected chi connectivity index (χ2v) is 5.52. The Morgan fingerprint density at radius 3 is 2.83 bits per heavy atom. The molecule has 2 aromatic rings. The van der Waals surface area contributed by atoms with Crippen LogP contribution < -0.4 is 5.32 Å². The fourth-order valence-corrected chi connectivity index (χ4v) is 1.92. The third kappa shape index (κ3) is 4.71. The van der Waals surface area contributed by atoms with Gasteiger partial charge in [-0.2, -0.15) is 0 Å². The highest BCUT2D eigenvalue weighted by Gasteiger charge is 2.25. The van der Waals surface area contributed by atoms with Crippen molar-refractivity contribution in [1.29, 1.82) is 0 Å². The summed E-state index contributed by atoms with van der Waals surface area (Å²) in [5.41, 5.74) is -0.702. The third-order valence-corrected chi connectivity index (χ3v) is 3.24. The fourth-order valence-electron chi connectivity index (χ4n) is 1.92. The number of benzene rings is 2. The van der Waals surface area contributed by atoms with E-state index in [0.717, 1.165) is 0 Å². The number of methoxy groups -OCH3 is 1. The number of esters is 1. The number of allylic oxidation sites excluding steroid dienone is 1. The Bertz CT molecular complexity index is 1120. The lowest BCUT2D eigenvalue weighted by molar-refractivity contribution is -0.147. The molecule has 0 saturated carbocycles. The molecule has 0 saturated heterocycles. The van der Waals surface area contributed by atoms with Crippen LogP contribution in [-0.4, -0.2) is 19.6 Å². The topological polar surface area (TPSA) is 38.3 Å². The van der Waals surface area contributed by atoms with Gasteiger partial charge in [-0.1, -0.05) is 60.2 Å². The largest absolute Gasteiger partial charge is 0.468 e. The van der Waals surface area contributed by atoms with Crippen LogP contribution in [0.4, 0.5) is 0 Å². The Kier molecular flexibility index (Phi) is 3.58. The van der Waals surface area contributed by atoms with Crippen LogP contribution in [0.5, 0.6) is 0 Å². The molecule has 0 fully saturated rings. The van der Waals surface area contributed by atoms with Gasteiger partial charge in [0.25, 0.3) is 0 Å². The highest BCUT2D eigenvalue weighted by atomic mass is 16.5. The minimum absolute atomic E-state index is 0.0600. The molecular weight excluding hydrogens is 298 g/mol. The van der Waals surface area contributed by atoms with E-state index in [1.165, 1.54) is 7.11 Å². The summed E-state index contributed by atoms with van der Waals surface area (Å²) in [7, 11) is 1.30. The van der Waals surface area contributed by atoms with Crippen LogP contribution in [0.15, 0.2) is 54.4 Å². The predicted molar refractivity (Wildman–Crippen MR) is 98.4 cm³/mol. The number of ether oxygens (including phenoxy) is 1. The Morgan fingerprint density at radius 2 is 2.04 bits per heavy atom. The molecule has 2 aromatic carbocycles. The normalized spacial score (nSPS) is 15.4. The smallest absolute Gasteiger partial charge is 0.323 e. The summed E-state index contributed by atoms with van der Waals surface area (Å²) >= 11 is 0. The zero-order valence-corrected chi connectivity index (χ0v) is 13.9. The molecule has 3 heteroatoms. The second kappa shape index (κ2) is 8.33. The number of rotatable bonds is 5. The summed E-state index contributed by atoms with van der Waals surface area (Å²) in [5.74, 6) is 5.12. The maximum absolute atomic E-state index is 11.6. The van der Waals surface area contributed by atoms with Gasteiger partial charge in [-0.05, 0) is 36.3 Å². The number of carbonyl (C=O) groups is 1. The number of hydrogen-bond donors (Lipinski definition) is 1. The van der Waals surface area contributed by atoms with Gasteiger partial charge in [0.1, 0.15) is 5.41 Å². The van der Waals surface area contributed by atoms with E-state index in [2.05, 4.69) is 21.9 Å². The van der Waals surface area contributed by atoms with E-state index in [1.807, 2.05) is 0 Å². The van der Waals surface area contributed by atoms with Gasteiger partial charge in [0.05, 0.1) is 16.7 Å². The first kappa shape index (κ1) is 10.3. The monoisotopic (exact) mass is 328 g/mol. The summed E-state index contributed by atoms with van der Waals surface area (Å²) in [6.45, 7) is 3.69.